The van der Waals surface area contributed by atoms with Crippen molar-refractivity contribution < 1.29 is 4.79 Å². The van der Waals surface area contributed by atoms with Crippen molar-refractivity contribution in [2.75, 3.05) is 46.7 Å². The van der Waals surface area contributed by atoms with Gasteiger partial charge < -0.3 is 20.4 Å². The molecule has 150 valence electrons. The molecule has 0 aliphatic carbocycles. The molecule has 2 rings (SSSR count). The number of guanidine groups is 1. The van der Waals surface area contributed by atoms with E-state index in [1.807, 2.05) is 38.4 Å². The smallest absolute Gasteiger partial charge is 0.253 e. The lowest BCUT2D eigenvalue weighted by Crippen LogP contribution is -2.37. The van der Waals surface area contributed by atoms with Gasteiger partial charge in [0.25, 0.3) is 5.91 Å². The maximum atomic E-state index is 12.1. The summed E-state index contributed by atoms with van der Waals surface area (Å²) in [5.74, 6) is 0.782. The Bertz CT molecular complexity index is 797. The van der Waals surface area contributed by atoms with Gasteiger partial charge >= 0.3 is 0 Å². The van der Waals surface area contributed by atoms with Crippen LogP contribution >= 0.6 is 0 Å². The largest absolute Gasteiger partial charge is 0.378 e. The molecule has 0 atom stereocenters. The number of aliphatic imine (C=N–C) groups is 1. The second-order valence-electron chi connectivity index (χ2n) is 7.06. The van der Waals surface area contributed by atoms with Gasteiger partial charge in [-0.1, -0.05) is 24.3 Å². The molecule has 1 amide bonds. The number of nitrogens with zero attached hydrogens (tertiary/aromatic N) is 3. The number of nitrogens with one attached hydrogen (secondary N) is 2. The first-order chi connectivity index (χ1) is 13.4. The molecule has 6 nitrogen and oxygen atoms in total. The number of hydrogen-bond acceptors (Lipinski definition) is 3. The van der Waals surface area contributed by atoms with Crippen LogP contribution in [0, 0.1) is 0 Å². The van der Waals surface area contributed by atoms with Gasteiger partial charge in [0, 0.05) is 59.6 Å². The van der Waals surface area contributed by atoms with Crippen LogP contribution < -0.4 is 15.5 Å². The van der Waals surface area contributed by atoms with Crippen LogP contribution in [0.4, 0.5) is 5.69 Å². The zero-order valence-electron chi connectivity index (χ0n) is 17.5. The first-order valence-electron chi connectivity index (χ1n) is 9.42. The van der Waals surface area contributed by atoms with E-state index in [4.69, 9.17) is 0 Å². The predicted octanol–water partition coefficient (Wildman–Crippen LogP) is 2.36. The Labute approximate surface area is 168 Å². The number of benzene rings is 2. The minimum Gasteiger partial charge on any atom is -0.378 e. The third kappa shape index (κ3) is 6.30. The van der Waals surface area contributed by atoms with Crippen LogP contribution in [0.5, 0.6) is 0 Å². The van der Waals surface area contributed by atoms with Gasteiger partial charge in [-0.15, -0.1) is 0 Å². The minimum absolute atomic E-state index is 0.0209. The lowest BCUT2D eigenvalue weighted by molar-refractivity contribution is 0.0827. The molecule has 0 unspecified atom stereocenters. The number of rotatable bonds is 7. The normalized spacial score (nSPS) is 11.1. The van der Waals surface area contributed by atoms with Gasteiger partial charge in [-0.05, 0) is 41.8 Å². The van der Waals surface area contributed by atoms with Gasteiger partial charge in [-0.25, -0.2) is 0 Å². The Balaban J connectivity index is 1.82. The van der Waals surface area contributed by atoms with Gasteiger partial charge in [0.2, 0.25) is 0 Å². The van der Waals surface area contributed by atoms with Gasteiger partial charge in [-0.2, -0.15) is 0 Å². The maximum Gasteiger partial charge on any atom is 0.253 e. The summed E-state index contributed by atoms with van der Waals surface area (Å²) in [6, 6.07) is 16.2. The second kappa shape index (κ2) is 10.3. The number of carbonyl (C=O) groups excluding carboxylic acids is 1. The molecule has 28 heavy (non-hydrogen) atoms. The van der Waals surface area contributed by atoms with E-state index in [1.165, 1.54) is 11.3 Å². The van der Waals surface area contributed by atoms with Crippen molar-refractivity contribution in [1.82, 2.24) is 15.5 Å². The average Bonchev–Trinajstić information content (AvgIpc) is 2.70. The van der Waals surface area contributed by atoms with E-state index >= 15 is 0 Å². The highest BCUT2D eigenvalue weighted by molar-refractivity contribution is 5.94. The highest BCUT2D eigenvalue weighted by atomic mass is 16.2. The molecule has 0 saturated heterocycles. The van der Waals surface area contributed by atoms with E-state index in [0.29, 0.717) is 12.1 Å². The van der Waals surface area contributed by atoms with Crippen molar-refractivity contribution >= 4 is 17.6 Å². The average molecular weight is 382 g/mol. The topological polar surface area (TPSA) is 60.0 Å². The van der Waals surface area contributed by atoms with Crippen LogP contribution in [-0.4, -0.2) is 58.5 Å². The summed E-state index contributed by atoms with van der Waals surface area (Å²) in [5, 5.41) is 6.65. The Hall–Kier alpha value is -3.02. The van der Waals surface area contributed by atoms with Crippen LogP contribution in [0.1, 0.15) is 21.5 Å². The Kier molecular flexibility index (Phi) is 7.87. The molecule has 0 bridgehead atoms. The monoisotopic (exact) mass is 381 g/mol. The standard InChI is InChI=1S/C22H31N5O/c1-23-22(25-16-18-9-11-20(12-10-18)26(2)3)24-14-13-17-7-6-8-19(15-17)21(28)27(4)5/h6-12,15H,13-14,16H2,1-5H3,(H2,23,24,25). The summed E-state index contributed by atoms with van der Waals surface area (Å²) in [6.45, 7) is 1.44. The summed E-state index contributed by atoms with van der Waals surface area (Å²) >= 11 is 0. The van der Waals surface area contributed by atoms with Gasteiger partial charge in [-0.3, -0.25) is 9.79 Å². The summed E-state index contributed by atoms with van der Waals surface area (Å²) in [7, 11) is 9.36. The molecule has 0 aliphatic heterocycles. The number of hydrogen-bond donors (Lipinski definition) is 2. The lowest BCUT2D eigenvalue weighted by atomic mass is 10.1. The molecule has 2 aromatic rings. The summed E-state index contributed by atoms with van der Waals surface area (Å²) < 4.78 is 0. The minimum atomic E-state index is 0.0209. The van der Waals surface area contributed by atoms with Crippen molar-refractivity contribution in [3.8, 4) is 0 Å². The SMILES string of the molecule is CN=C(NCCc1cccc(C(=O)N(C)C)c1)NCc1ccc(N(C)C)cc1. The highest BCUT2D eigenvalue weighted by Gasteiger charge is 2.08. The number of carbonyl (C=O) groups is 1. The van der Waals surface area contributed by atoms with Gasteiger partial charge in [0.05, 0.1) is 0 Å². The Morgan fingerprint density at radius 2 is 1.68 bits per heavy atom. The molecule has 0 saturated carbocycles. The number of anilines is 1. The molecule has 2 aromatic carbocycles. The van der Waals surface area contributed by atoms with Crippen LogP contribution in [0.15, 0.2) is 53.5 Å². The molecule has 6 heteroatoms. The third-order valence-corrected chi connectivity index (χ3v) is 4.42. The van der Waals surface area contributed by atoms with Crippen LogP contribution in [0.2, 0.25) is 0 Å². The van der Waals surface area contributed by atoms with Crippen molar-refractivity contribution in [1.29, 1.82) is 0 Å². The molecule has 0 aromatic heterocycles. The van der Waals surface area contributed by atoms with Gasteiger partial charge in [0.15, 0.2) is 5.96 Å². The fourth-order valence-electron chi connectivity index (χ4n) is 2.76. The zero-order valence-corrected chi connectivity index (χ0v) is 17.5. The second-order valence-corrected chi connectivity index (χ2v) is 7.06. The van der Waals surface area contributed by atoms with Crippen molar-refractivity contribution in [3.05, 3.63) is 65.2 Å². The van der Waals surface area contributed by atoms with E-state index in [1.54, 1.807) is 26.0 Å². The molecular formula is C22H31N5O. The lowest BCUT2D eigenvalue weighted by Gasteiger charge is -2.15. The Morgan fingerprint density at radius 1 is 0.964 bits per heavy atom. The molecule has 0 radical (unpaired) electrons. The summed E-state index contributed by atoms with van der Waals surface area (Å²) in [6.07, 6.45) is 0.812. The zero-order chi connectivity index (χ0) is 20.5. The molecule has 0 heterocycles. The maximum absolute atomic E-state index is 12.1. The van der Waals surface area contributed by atoms with Crippen LogP contribution in [0.3, 0.4) is 0 Å². The van der Waals surface area contributed by atoms with Crippen molar-refractivity contribution in [2.24, 2.45) is 4.99 Å². The quantitative estimate of drug-likeness (QED) is 0.571. The first kappa shape index (κ1) is 21.3. The molecule has 2 N–H and O–H groups in total. The molecule has 0 fully saturated rings. The predicted molar refractivity (Wildman–Crippen MR) is 117 cm³/mol. The van der Waals surface area contributed by atoms with Crippen LogP contribution in [0.25, 0.3) is 0 Å². The van der Waals surface area contributed by atoms with E-state index in [0.717, 1.165) is 24.5 Å². The fraction of sp³-hybridized carbons (Fsp3) is 0.364. The third-order valence-electron chi connectivity index (χ3n) is 4.42. The van der Waals surface area contributed by atoms with Crippen LogP contribution in [-0.2, 0) is 13.0 Å². The van der Waals surface area contributed by atoms with Crippen molar-refractivity contribution in [3.63, 3.8) is 0 Å². The molecule has 0 spiro atoms. The van der Waals surface area contributed by atoms with E-state index in [-0.39, 0.29) is 5.91 Å². The number of amides is 1. The molecular weight excluding hydrogens is 350 g/mol. The van der Waals surface area contributed by atoms with E-state index in [2.05, 4.69) is 44.8 Å². The molecule has 0 aliphatic rings. The highest BCUT2D eigenvalue weighted by Crippen LogP contribution is 2.12. The fourth-order valence-corrected chi connectivity index (χ4v) is 2.76. The van der Waals surface area contributed by atoms with Gasteiger partial charge in [0.1, 0.15) is 0 Å². The van der Waals surface area contributed by atoms with E-state index < -0.39 is 0 Å². The van der Waals surface area contributed by atoms with E-state index in [9.17, 15) is 4.79 Å². The van der Waals surface area contributed by atoms with Crippen molar-refractivity contribution in [2.45, 2.75) is 13.0 Å². The first-order valence-corrected chi connectivity index (χ1v) is 9.42. The summed E-state index contributed by atoms with van der Waals surface area (Å²) in [4.78, 5) is 20.0. The summed E-state index contributed by atoms with van der Waals surface area (Å²) in [5.41, 5.74) is 4.21. The Morgan fingerprint density at radius 3 is 2.29 bits per heavy atom.